The molecule has 0 saturated carbocycles. The van der Waals surface area contributed by atoms with Crippen LogP contribution in [-0.2, 0) is 7.05 Å². The molecule has 0 N–H and O–H groups in total. The van der Waals surface area contributed by atoms with Gasteiger partial charge in [0.25, 0.3) is 0 Å². The van der Waals surface area contributed by atoms with Crippen LogP contribution in [0.2, 0.25) is 5.15 Å². The molecule has 0 amide bonds. The van der Waals surface area contributed by atoms with E-state index in [4.69, 9.17) is 11.6 Å². The van der Waals surface area contributed by atoms with Crippen LogP contribution in [0.4, 0.5) is 0 Å². The Hall–Kier alpha value is -1.87. The first kappa shape index (κ1) is 10.3. The Morgan fingerprint density at radius 3 is 2.88 bits per heavy atom. The Bertz CT molecular complexity index is 674. The van der Waals surface area contributed by atoms with Crippen molar-refractivity contribution in [3.8, 4) is 11.3 Å². The number of halogens is 1. The third-order valence-electron chi connectivity index (χ3n) is 2.80. The first-order chi connectivity index (χ1) is 8.25. The van der Waals surface area contributed by atoms with Crippen molar-refractivity contribution in [2.75, 3.05) is 0 Å². The molecular weight excluding hydrogens is 234 g/mol. The molecule has 0 saturated heterocycles. The van der Waals surface area contributed by atoms with Crippen LogP contribution in [0.1, 0.15) is 0 Å². The van der Waals surface area contributed by atoms with E-state index in [1.807, 2.05) is 36.0 Å². The van der Waals surface area contributed by atoms with Crippen LogP contribution in [0.25, 0.3) is 22.3 Å². The second kappa shape index (κ2) is 3.86. The summed E-state index contributed by atoms with van der Waals surface area (Å²) in [6.45, 7) is 0. The smallest absolute Gasteiger partial charge is 0.141 e. The van der Waals surface area contributed by atoms with E-state index in [-0.39, 0.29) is 0 Å². The molecule has 0 aliphatic carbocycles. The molecule has 0 bridgehead atoms. The number of hydrogen-bond acceptors (Lipinski definition) is 2. The van der Waals surface area contributed by atoms with E-state index >= 15 is 0 Å². The van der Waals surface area contributed by atoms with E-state index in [1.54, 1.807) is 12.3 Å². The third kappa shape index (κ3) is 1.68. The molecule has 0 aromatic carbocycles. The lowest BCUT2D eigenvalue weighted by atomic mass is 10.2. The number of nitrogens with zero attached hydrogens (tertiary/aromatic N) is 3. The summed E-state index contributed by atoms with van der Waals surface area (Å²) in [5, 5.41) is 1.59. The summed E-state index contributed by atoms with van der Waals surface area (Å²) in [4.78, 5) is 8.46. The molecule has 3 nitrogen and oxygen atoms in total. The fraction of sp³-hybridized carbons (Fsp3) is 0.0769. The molecule has 0 fully saturated rings. The van der Waals surface area contributed by atoms with Gasteiger partial charge in [-0.15, -0.1) is 0 Å². The van der Waals surface area contributed by atoms with E-state index in [0.29, 0.717) is 5.15 Å². The van der Waals surface area contributed by atoms with Gasteiger partial charge >= 0.3 is 0 Å². The number of hydrogen-bond donors (Lipinski definition) is 0. The summed E-state index contributed by atoms with van der Waals surface area (Å²) in [6.07, 6.45) is 3.61. The number of fused-ring (bicyclic) bond motifs is 1. The van der Waals surface area contributed by atoms with Crippen molar-refractivity contribution in [3.63, 3.8) is 0 Å². The molecule has 3 aromatic rings. The Kier molecular flexibility index (Phi) is 2.34. The van der Waals surface area contributed by atoms with E-state index in [0.717, 1.165) is 22.3 Å². The van der Waals surface area contributed by atoms with Crippen molar-refractivity contribution in [2.45, 2.75) is 0 Å². The second-order valence-electron chi connectivity index (χ2n) is 3.88. The van der Waals surface area contributed by atoms with Crippen molar-refractivity contribution in [2.24, 2.45) is 7.05 Å². The summed E-state index contributed by atoms with van der Waals surface area (Å²) in [5.74, 6) is 0. The van der Waals surface area contributed by atoms with Crippen molar-refractivity contribution in [1.82, 2.24) is 14.5 Å². The monoisotopic (exact) mass is 243 g/mol. The van der Waals surface area contributed by atoms with Gasteiger partial charge in [-0.2, -0.15) is 0 Å². The molecule has 0 spiro atoms. The minimum absolute atomic E-state index is 0.511. The highest BCUT2D eigenvalue weighted by atomic mass is 35.5. The SMILES string of the molecule is Cn1c(-c2cccnc2)cc2ccc(Cl)nc21. The van der Waals surface area contributed by atoms with Crippen LogP contribution in [0.5, 0.6) is 0 Å². The zero-order chi connectivity index (χ0) is 11.8. The van der Waals surface area contributed by atoms with Gasteiger partial charge in [0.15, 0.2) is 0 Å². The van der Waals surface area contributed by atoms with Crippen LogP contribution in [-0.4, -0.2) is 14.5 Å². The Balaban J connectivity index is 2.28. The van der Waals surface area contributed by atoms with E-state index in [2.05, 4.69) is 16.0 Å². The number of rotatable bonds is 1. The predicted octanol–water partition coefficient (Wildman–Crippen LogP) is 3.29. The van der Waals surface area contributed by atoms with E-state index < -0.39 is 0 Å². The molecule has 17 heavy (non-hydrogen) atoms. The van der Waals surface area contributed by atoms with Crippen molar-refractivity contribution >= 4 is 22.6 Å². The molecule has 3 aromatic heterocycles. The maximum Gasteiger partial charge on any atom is 0.141 e. The highest BCUT2D eigenvalue weighted by Gasteiger charge is 2.08. The first-order valence-electron chi connectivity index (χ1n) is 5.28. The molecule has 0 atom stereocenters. The van der Waals surface area contributed by atoms with E-state index in [9.17, 15) is 0 Å². The molecular formula is C13H10ClN3. The fourth-order valence-electron chi connectivity index (χ4n) is 1.97. The topological polar surface area (TPSA) is 30.7 Å². The molecule has 3 heterocycles. The van der Waals surface area contributed by atoms with Gasteiger partial charge in [-0.3, -0.25) is 4.98 Å². The van der Waals surface area contributed by atoms with Gasteiger partial charge in [-0.1, -0.05) is 11.6 Å². The Morgan fingerprint density at radius 2 is 2.12 bits per heavy atom. The summed E-state index contributed by atoms with van der Waals surface area (Å²) < 4.78 is 2.03. The zero-order valence-electron chi connectivity index (χ0n) is 9.26. The molecule has 84 valence electrons. The average Bonchev–Trinajstić information content (AvgIpc) is 2.68. The van der Waals surface area contributed by atoms with Crippen molar-refractivity contribution < 1.29 is 0 Å². The third-order valence-corrected chi connectivity index (χ3v) is 3.01. The van der Waals surface area contributed by atoms with Gasteiger partial charge in [0, 0.05) is 30.4 Å². The lowest BCUT2D eigenvalue weighted by molar-refractivity contribution is 0.956. The maximum absolute atomic E-state index is 5.91. The van der Waals surface area contributed by atoms with Crippen molar-refractivity contribution in [3.05, 3.63) is 47.9 Å². The first-order valence-corrected chi connectivity index (χ1v) is 5.66. The quantitative estimate of drug-likeness (QED) is 0.614. The predicted molar refractivity (Wildman–Crippen MR) is 69.0 cm³/mol. The van der Waals surface area contributed by atoms with Crippen LogP contribution < -0.4 is 0 Å². The average molecular weight is 244 g/mol. The highest BCUT2D eigenvalue weighted by Crippen LogP contribution is 2.26. The molecule has 0 unspecified atom stereocenters. The summed E-state index contributed by atoms with van der Waals surface area (Å²) in [6, 6.07) is 9.83. The molecule has 4 heteroatoms. The largest absolute Gasteiger partial charge is 0.328 e. The normalized spacial score (nSPS) is 10.9. The van der Waals surface area contributed by atoms with Gasteiger partial charge < -0.3 is 4.57 Å². The minimum atomic E-state index is 0.511. The van der Waals surface area contributed by atoms with E-state index in [1.165, 1.54) is 0 Å². The summed E-state index contributed by atoms with van der Waals surface area (Å²) >= 11 is 5.91. The zero-order valence-corrected chi connectivity index (χ0v) is 10.0. The lowest BCUT2D eigenvalue weighted by Crippen LogP contribution is -1.93. The Labute approximate surface area is 104 Å². The Morgan fingerprint density at radius 1 is 1.24 bits per heavy atom. The van der Waals surface area contributed by atoms with Gasteiger partial charge in [0.2, 0.25) is 0 Å². The lowest BCUT2D eigenvalue weighted by Gasteiger charge is -2.02. The number of pyridine rings is 2. The standard InChI is InChI=1S/C13H10ClN3/c1-17-11(10-3-2-6-15-8-10)7-9-4-5-12(14)16-13(9)17/h2-8H,1H3. The van der Waals surface area contributed by atoms with Crippen LogP contribution in [0.15, 0.2) is 42.7 Å². The molecule has 0 aliphatic rings. The van der Waals surface area contributed by atoms with Gasteiger partial charge in [-0.05, 0) is 30.3 Å². The van der Waals surface area contributed by atoms with Crippen LogP contribution >= 0.6 is 11.6 Å². The van der Waals surface area contributed by atoms with Crippen LogP contribution in [0.3, 0.4) is 0 Å². The van der Waals surface area contributed by atoms with Crippen molar-refractivity contribution in [1.29, 1.82) is 0 Å². The summed E-state index contributed by atoms with van der Waals surface area (Å²) in [5.41, 5.74) is 3.04. The number of aryl methyl sites for hydroxylation is 1. The van der Waals surface area contributed by atoms with Gasteiger partial charge in [0.05, 0.1) is 5.69 Å². The van der Waals surface area contributed by atoms with Gasteiger partial charge in [-0.25, -0.2) is 4.98 Å². The van der Waals surface area contributed by atoms with Crippen LogP contribution in [0, 0.1) is 0 Å². The molecule has 0 aliphatic heterocycles. The highest BCUT2D eigenvalue weighted by molar-refractivity contribution is 6.29. The molecule has 0 radical (unpaired) electrons. The molecule has 3 rings (SSSR count). The number of aromatic nitrogens is 3. The van der Waals surface area contributed by atoms with Gasteiger partial charge in [0.1, 0.15) is 10.8 Å². The fourth-order valence-corrected chi connectivity index (χ4v) is 2.11. The summed E-state index contributed by atoms with van der Waals surface area (Å²) in [7, 11) is 1.98. The maximum atomic E-state index is 5.91. The minimum Gasteiger partial charge on any atom is -0.328 e. The second-order valence-corrected chi connectivity index (χ2v) is 4.26.